The summed E-state index contributed by atoms with van der Waals surface area (Å²) in [5.41, 5.74) is 2.48. The van der Waals surface area contributed by atoms with E-state index in [0.717, 1.165) is 43.2 Å². The molecule has 29 heavy (non-hydrogen) atoms. The number of benzene rings is 2. The smallest absolute Gasteiger partial charge is 0.163 e. The highest BCUT2D eigenvalue weighted by Crippen LogP contribution is 2.25. The van der Waals surface area contributed by atoms with Crippen molar-refractivity contribution < 1.29 is 4.79 Å². The van der Waals surface area contributed by atoms with Gasteiger partial charge in [0.05, 0.1) is 0 Å². The first-order valence-electron chi connectivity index (χ1n) is 9.84. The molecule has 1 N–H and O–H groups in total. The number of piperazine rings is 1. The maximum Gasteiger partial charge on any atom is 0.163 e. The summed E-state index contributed by atoms with van der Waals surface area (Å²) in [6, 6.07) is 19.5. The van der Waals surface area contributed by atoms with Crippen LogP contribution >= 0.6 is 0 Å². The van der Waals surface area contributed by atoms with Crippen LogP contribution in [0.2, 0.25) is 0 Å². The predicted octanol–water partition coefficient (Wildman–Crippen LogP) is 3.84. The molecule has 0 amide bonds. The minimum absolute atomic E-state index is 0.0411. The van der Waals surface area contributed by atoms with Crippen molar-refractivity contribution >= 4 is 23.1 Å². The third-order valence-corrected chi connectivity index (χ3v) is 5.11. The average Bonchev–Trinajstić information content (AvgIpc) is 2.75. The standard InChI is InChI=1S/C23H25N5O/c1-17(29)19-9-6-10-20(15-19)24-21-16-22(28-13-11-27(2)12-14-28)26-23(25-21)18-7-4-3-5-8-18/h3-10,15-16H,11-14H2,1-2H3,(H,24,25,26). The zero-order valence-electron chi connectivity index (χ0n) is 16.8. The Bertz CT molecular complexity index is 997. The fourth-order valence-electron chi connectivity index (χ4n) is 3.38. The summed E-state index contributed by atoms with van der Waals surface area (Å²) in [6.07, 6.45) is 0. The third-order valence-electron chi connectivity index (χ3n) is 5.11. The number of rotatable bonds is 5. The topological polar surface area (TPSA) is 61.4 Å². The normalized spacial score (nSPS) is 14.6. The van der Waals surface area contributed by atoms with Gasteiger partial charge in [-0.25, -0.2) is 9.97 Å². The van der Waals surface area contributed by atoms with Gasteiger partial charge in [0.25, 0.3) is 0 Å². The number of hydrogen-bond donors (Lipinski definition) is 1. The molecule has 0 atom stereocenters. The van der Waals surface area contributed by atoms with Crippen LogP contribution in [0.25, 0.3) is 11.4 Å². The minimum Gasteiger partial charge on any atom is -0.354 e. The summed E-state index contributed by atoms with van der Waals surface area (Å²) in [7, 11) is 2.14. The van der Waals surface area contributed by atoms with Gasteiger partial charge >= 0.3 is 0 Å². The zero-order valence-corrected chi connectivity index (χ0v) is 16.8. The number of ketones is 1. The molecule has 0 unspecified atom stereocenters. The van der Waals surface area contributed by atoms with E-state index in [1.807, 2.05) is 60.7 Å². The van der Waals surface area contributed by atoms with E-state index in [1.165, 1.54) is 0 Å². The van der Waals surface area contributed by atoms with E-state index >= 15 is 0 Å². The molecule has 1 aromatic heterocycles. The van der Waals surface area contributed by atoms with Crippen molar-refractivity contribution in [1.82, 2.24) is 14.9 Å². The number of carbonyl (C=O) groups is 1. The lowest BCUT2D eigenvalue weighted by Gasteiger charge is -2.33. The Hall–Kier alpha value is -3.25. The molecule has 6 heteroatoms. The lowest BCUT2D eigenvalue weighted by Crippen LogP contribution is -2.44. The average molecular weight is 387 g/mol. The first kappa shape index (κ1) is 19.1. The molecular weight excluding hydrogens is 362 g/mol. The van der Waals surface area contributed by atoms with E-state index in [-0.39, 0.29) is 5.78 Å². The first-order chi connectivity index (χ1) is 14.1. The second-order valence-electron chi connectivity index (χ2n) is 7.35. The predicted molar refractivity (Wildman–Crippen MR) is 117 cm³/mol. The summed E-state index contributed by atoms with van der Waals surface area (Å²) in [6.45, 7) is 5.45. The molecule has 1 fully saturated rings. The van der Waals surface area contributed by atoms with Gasteiger partial charge in [0.2, 0.25) is 0 Å². The molecule has 2 aromatic carbocycles. The summed E-state index contributed by atoms with van der Waals surface area (Å²) in [5, 5.41) is 3.36. The van der Waals surface area contributed by atoms with Crippen LogP contribution in [0.15, 0.2) is 60.7 Å². The number of nitrogens with zero attached hydrogens (tertiary/aromatic N) is 4. The van der Waals surface area contributed by atoms with Gasteiger partial charge in [-0.1, -0.05) is 42.5 Å². The quantitative estimate of drug-likeness (QED) is 0.671. The highest BCUT2D eigenvalue weighted by atomic mass is 16.1. The zero-order chi connectivity index (χ0) is 20.2. The molecule has 1 saturated heterocycles. The van der Waals surface area contributed by atoms with Crippen LogP contribution in [-0.2, 0) is 0 Å². The van der Waals surface area contributed by atoms with Gasteiger partial charge in [0.1, 0.15) is 11.6 Å². The van der Waals surface area contributed by atoms with Crippen LogP contribution in [0.1, 0.15) is 17.3 Å². The Kier molecular flexibility index (Phi) is 5.53. The van der Waals surface area contributed by atoms with Crippen LogP contribution < -0.4 is 10.2 Å². The molecule has 2 heterocycles. The lowest BCUT2D eigenvalue weighted by atomic mass is 10.1. The van der Waals surface area contributed by atoms with Crippen molar-refractivity contribution in [3.8, 4) is 11.4 Å². The number of nitrogens with one attached hydrogen (secondary N) is 1. The number of likely N-dealkylation sites (N-methyl/N-ethyl adjacent to an activating group) is 1. The van der Waals surface area contributed by atoms with Gasteiger partial charge in [0.15, 0.2) is 11.6 Å². The number of anilines is 3. The molecular formula is C23H25N5O. The highest BCUT2D eigenvalue weighted by molar-refractivity contribution is 5.95. The molecule has 0 radical (unpaired) electrons. The SMILES string of the molecule is CC(=O)c1cccc(Nc2cc(N3CCN(C)CC3)nc(-c3ccccc3)n2)c1. The summed E-state index contributed by atoms with van der Waals surface area (Å²) < 4.78 is 0. The van der Waals surface area contributed by atoms with Crippen molar-refractivity contribution in [2.45, 2.75) is 6.92 Å². The van der Waals surface area contributed by atoms with Crippen molar-refractivity contribution in [2.24, 2.45) is 0 Å². The Morgan fingerprint density at radius 2 is 1.69 bits per heavy atom. The fraction of sp³-hybridized carbons (Fsp3) is 0.261. The van der Waals surface area contributed by atoms with Gasteiger partial charge < -0.3 is 15.1 Å². The van der Waals surface area contributed by atoms with Gasteiger partial charge in [-0.2, -0.15) is 0 Å². The second kappa shape index (κ2) is 8.41. The van der Waals surface area contributed by atoms with Crippen LogP contribution in [0, 0.1) is 0 Å². The van der Waals surface area contributed by atoms with E-state index in [2.05, 4.69) is 22.2 Å². The Morgan fingerprint density at radius 1 is 0.931 bits per heavy atom. The number of Topliss-reactive ketones (excluding diaryl/α,β-unsaturated/α-hetero) is 1. The molecule has 0 spiro atoms. The summed E-state index contributed by atoms with van der Waals surface area (Å²) >= 11 is 0. The van der Waals surface area contributed by atoms with Gasteiger partial charge in [-0.3, -0.25) is 4.79 Å². The first-order valence-corrected chi connectivity index (χ1v) is 9.84. The van der Waals surface area contributed by atoms with E-state index in [4.69, 9.17) is 9.97 Å². The van der Waals surface area contributed by atoms with Crippen LogP contribution in [0.5, 0.6) is 0 Å². The number of hydrogen-bond acceptors (Lipinski definition) is 6. The van der Waals surface area contributed by atoms with Crippen LogP contribution in [0.4, 0.5) is 17.3 Å². The second-order valence-corrected chi connectivity index (χ2v) is 7.35. The molecule has 1 aliphatic rings. The monoisotopic (exact) mass is 387 g/mol. The van der Waals surface area contributed by atoms with Crippen molar-refractivity contribution in [2.75, 3.05) is 43.4 Å². The minimum atomic E-state index is 0.0411. The molecule has 6 nitrogen and oxygen atoms in total. The Labute approximate surface area is 171 Å². The van der Waals surface area contributed by atoms with Gasteiger partial charge in [0, 0.05) is 49.1 Å². The molecule has 4 rings (SSSR count). The molecule has 0 aliphatic carbocycles. The van der Waals surface area contributed by atoms with Crippen LogP contribution in [-0.4, -0.2) is 53.9 Å². The van der Waals surface area contributed by atoms with Gasteiger partial charge in [-0.05, 0) is 26.1 Å². The largest absolute Gasteiger partial charge is 0.354 e. The van der Waals surface area contributed by atoms with Crippen molar-refractivity contribution in [3.05, 3.63) is 66.2 Å². The van der Waals surface area contributed by atoms with E-state index in [9.17, 15) is 4.79 Å². The van der Waals surface area contributed by atoms with E-state index in [0.29, 0.717) is 17.2 Å². The fourth-order valence-corrected chi connectivity index (χ4v) is 3.38. The van der Waals surface area contributed by atoms with Gasteiger partial charge in [-0.15, -0.1) is 0 Å². The third kappa shape index (κ3) is 4.60. The Balaban J connectivity index is 1.69. The highest BCUT2D eigenvalue weighted by Gasteiger charge is 2.18. The van der Waals surface area contributed by atoms with Crippen LogP contribution in [0.3, 0.4) is 0 Å². The summed E-state index contributed by atoms with van der Waals surface area (Å²) in [5.74, 6) is 2.36. The number of aromatic nitrogens is 2. The maximum atomic E-state index is 11.7. The molecule has 3 aromatic rings. The Morgan fingerprint density at radius 3 is 2.41 bits per heavy atom. The van der Waals surface area contributed by atoms with Crippen molar-refractivity contribution in [1.29, 1.82) is 0 Å². The molecule has 0 bridgehead atoms. The summed E-state index contributed by atoms with van der Waals surface area (Å²) in [4.78, 5) is 25.9. The molecule has 0 saturated carbocycles. The van der Waals surface area contributed by atoms with E-state index < -0.39 is 0 Å². The molecule has 148 valence electrons. The lowest BCUT2D eigenvalue weighted by molar-refractivity contribution is 0.101. The molecule has 1 aliphatic heterocycles. The number of carbonyl (C=O) groups excluding carboxylic acids is 1. The van der Waals surface area contributed by atoms with E-state index in [1.54, 1.807) is 6.92 Å². The van der Waals surface area contributed by atoms with Crippen molar-refractivity contribution in [3.63, 3.8) is 0 Å². The maximum absolute atomic E-state index is 11.7.